The van der Waals surface area contributed by atoms with Crippen LogP contribution in [0.25, 0.3) is 0 Å². The molecule has 0 atom stereocenters. The molecular formula is C25H34N2O6S. The molecule has 1 aromatic rings. The molecule has 0 aliphatic heterocycles. The van der Waals surface area contributed by atoms with Gasteiger partial charge in [0.05, 0.1) is 12.2 Å². The van der Waals surface area contributed by atoms with Crippen molar-refractivity contribution >= 4 is 40.1 Å². The van der Waals surface area contributed by atoms with Crippen LogP contribution in [0.1, 0.15) is 73.2 Å². The molecule has 4 saturated carbocycles. The summed E-state index contributed by atoms with van der Waals surface area (Å²) in [4.78, 5) is 50.9. The van der Waals surface area contributed by atoms with Gasteiger partial charge in [-0.05, 0) is 82.1 Å². The van der Waals surface area contributed by atoms with Crippen LogP contribution in [0.3, 0.4) is 0 Å². The van der Waals surface area contributed by atoms with Gasteiger partial charge in [0.15, 0.2) is 6.61 Å². The van der Waals surface area contributed by atoms with Crippen molar-refractivity contribution in [3.8, 4) is 0 Å². The average Bonchev–Trinajstić information content (AvgIpc) is 3.09. The van der Waals surface area contributed by atoms with Gasteiger partial charge >= 0.3 is 11.9 Å². The predicted molar refractivity (Wildman–Crippen MR) is 128 cm³/mol. The first-order valence-corrected chi connectivity index (χ1v) is 13.1. The number of nitrogens with one attached hydrogen (secondary N) is 2. The number of hydrogen-bond donors (Lipinski definition) is 2. The van der Waals surface area contributed by atoms with E-state index in [4.69, 9.17) is 9.47 Å². The number of aryl methyl sites for hydroxylation is 1. The second kappa shape index (κ2) is 10.1. The highest BCUT2D eigenvalue weighted by Crippen LogP contribution is 2.60. The lowest BCUT2D eigenvalue weighted by Crippen LogP contribution is -2.54. The van der Waals surface area contributed by atoms with Crippen molar-refractivity contribution < 1.29 is 28.7 Å². The first kappa shape index (κ1) is 24.7. The van der Waals surface area contributed by atoms with E-state index in [1.807, 2.05) is 13.8 Å². The smallest absolute Gasteiger partial charge is 0.341 e. The average molecular weight is 491 g/mol. The highest BCUT2D eigenvalue weighted by Gasteiger charge is 2.54. The van der Waals surface area contributed by atoms with E-state index in [0.29, 0.717) is 34.7 Å². The third-order valence-electron chi connectivity index (χ3n) is 7.57. The van der Waals surface area contributed by atoms with E-state index in [1.165, 1.54) is 30.6 Å². The molecule has 8 nitrogen and oxygen atoms in total. The van der Waals surface area contributed by atoms with Crippen LogP contribution in [-0.4, -0.2) is 43.5 Å². The van der Waals surface area contributed by atoms with Crippen LogP contribution < -0.4 is 10.6 Å². The summed E-state index contributed by atoms with van der Waals surface area (Å²) in [5.74, 6) is 0.186. The Morgan fingerprint density at radius 2 is 1.62 bits per heavy atom. The first-order valence-electron chi connectivity index (χ1n) is 12.3. The summed E-state index contributed by atoms with van der Waals surface area (Å²) in [5, 5.41) is 5.83. The van der Waals surface area contributed by atoms with Crippen LogP contribution >= 0.6 is 11.3 Å². The van der Waals surface area contributed by atoms with Crippen molar-refractivity contribution in [1.82, 2.24) is 5.32 Å². The molecule has 1 heterocycles. The summed E-state index contributed by atoms with van der Waals surface area (Å²) in [6.07, 6.45) is 7.12. The van der Waals surface area contributed by atoms with E-state index in [0.717, 1.165) is 29.7 Å². The van der Waals surface area contributed by atoms with Crippen LogP contribution in [0.5, 0.6) is 0 Å². The third kappa shape index (κ3) is 4.99. The molecule has 4 aliphatic rings. The number of carbonyl (C=O) groups is 4. The number of rotatable bonds is 9. The van der Waals surface area contributed by atoms with Crippen LogP contribution in [0.15, 0.2) is 0 Å². The fourth-order valence-corrected chi connectivity index (χ4v) is 7.75. The van der Waals surface area contributed by atoms with Gasteiger partial charge in [-0.2, -0.15) is 0 Å². The van der Waals surface area contributed by atoms with Crippen molar-refractivity contribution in [2.45, 2.75) is 65.7 Å². The SMILES string of the molecule is CCOC(=O)c1c(NC(=O)COC(=O)CNC(=O)C23CC4CC(CC(C4)C2)C3)sc(C)c1CC. The summed E-state index contributed by atoms with van der Waals surface area (Å²) in [5.41, 5.74) is 0.863. The van der Waals surface area contributed by atoms with E-state index < -0.39 is 24.5 Å². The molecule has 0 radical (unpaired) electrons. The fraction of sp³-hybridized carbons (Fsp3) is 0.680. The Morgan fingerprint density at radius 1 is 1.00 bits per heavy atom. The van der Waals surface area contributed by atoms with Crippen LogP contribution in [0.2, 0.25) is 0 Å². The maximum atomic E-state index is 13.0. The Balaban J connectivity index is 1.27. The van der Waals surface area contributed by atoms with Gasteiger partial charge in [0.2, 0.25) is 5.91 Å². The molecule has 9 heteroatoms. The number of amides is 2. The van der Waals surface area contributed by atoms with Gasteiger partial charge in [-0.1, -0.05) is 6.92 Å². The molecule has 34 heavy (non-hydrogen) atoms. The minimum absolute atomic E-state index is 0.0479. The van der Waals surface area contributed by atoms with E-state index in [1.54, 1.807) is 6.92 Å². The number of ether oxygens (including phenoxy) is 2. The zero-order valence-corrected chi connectivity index (χ0v) is 21.0. The molecule has 186 valence electrons. The monoisotopic (exact) mass is 490 g/mol. The van der Waals surface area contributed by atoms with Crippen LogP contribution in [0, 0.1) is 30.1 Å². The van der Waals surface area contributed by atoms with Gasteiger partial charge in [-0.3, -0.25) is 14.4 Å². The number of carbonyl (C=O) groups excluding carboxylic acids is 4. The summed E-state index contributed by atoms with van der Waals surface area (Å²) in [6.45, 7) is 5.03. The van der Waals surface area contributed by atoms with Crippen molar-refractivity contribution in [2.24, 2.45) is 23.2 Å². The molecule has 0 unspecified atom stereocenters. The maximum Gasteiger partial charge on any atom is 0.341 e. The van der Waals surface area contributed by atoms with E-state index in [-0.39, 0.29) is 24.5 Å². The molecule has 2 amide bonds. The zero-order valence-electron chi connectivity index (χ0n) is 20.2. The topological polar surface area (TPSA) is 111 Å². The Kier molecular flexibility index (Phi) is 7.31. The quantitative estimate of drug-likeness (QED) is 0.512. The molecule has 4 bridgehead atoms. The lowest BCUT2D eigenvalue weighted by Gasteiger charge is -2.55. The van der Waals surface area contributed by atoms with Crippen LogP contribution in [-0.2, 0) is 30.3 Å². The number of anilines is 1. The second-order valence-corrected chi connectivity index (χ2v) is 11.2. The van der Waals surface area contributed by atoms with Gasteiger partial charge in [-0.15, -0.1) is 11.3 Å². The van der Waals surface area contributed by atoms with Crippen molar-refractivity contribution in [2.75, 3.05) is 25.1 Å². The predicted octanol–water partition coefficient (Wildman–Crippen LogP) is 3.61. The molecule has 0 saturated heterocycles. The third-order valence-corrected chi connectivity index (χ3v) is 8.64. The number of esters is 2. The maximum absolute atomic E-state index is 13.0. The molecule has 0 spiro atoms. The molecule has 4 fully saturated rings. The first-order chi connectivity index (χ1) is 16.2. The minimum atomic E-state index is -0.657. The molecule has 5 rings (SSSR count). The number of thiophene rings is 1. The molecular weight excluding hydrogens is 456 g/mol. The summed E-state index contributed by atoms with van der Waals surface area (Å²) < 4.78 is 10.2. The largest absolute Gasteiger partial charge is 0.462 e. The normalized spacial score (nSPS) is 26.7. The Hall–Kier alpha value is -2.42. The molecule has 0 aromatic carbocycles. The standard InChI is InChI=1S/C25H34N2O6S/c1-4-18-14(3)34-22(21(18)23(30)32-5-2)27-19(28)13-33-20(29)12-26-24(31)25-9-15-6-16(10-25)8-17(7-15)11-25/h15-17H,4-13H2,1-3H3,(H,26,31)(H,27,28). The lowest BCUT2D eigenvalue weighted by molar-refractivity contribution is -0.152. The van der Waals surface area contributed by atoms with Gasteiger partial charge in [0.1, 0.15) is 11.5 Å². The van der Waals surface area contributed by atoms with Gasteiger partial charge < -0.3 is 20.1 Å². The van der Waals surface area contributed by atoms with Gasteiger partial charge in [-0.25, -0.2) is 4.79 Å². The Morgan fingerprint density at radius 3 is 2.18 bits per heavy atom. The summed E-state index contributed by atoms with van der Waals surface area (Å²) in [7, 11) is 0. The fourth-order valence-electron chi connectivity index (χ4n) is 6.60. The summed E-state index contributed by atoms with van der Waals surface area (Å²) in [6, 6.07) is 0. The molecule has 4 aliphatic carbocycles. The lowest BCUT2D eigenvalue weighted by atomic mass is 9.49. The van der Waals surface area contributed by atoms with Gasteiger partial charge in [0, 0.05) is 10.3 Å². The highest BCUT2D eigenvalue weighted by atomic mass is 32.1. The highest BCUT2D eigenvalue weighted by molar-refractivity contribution is 7.16. The van der Waals surface area contributed by atoms with Crippen LogP contribution in [0.4, 0.5) is 5.00 Å². The summed E-state index contributed by atoms with van der Waals surface area (Å²) >= 11 is 1.29. The van der Waals surface area contributed by atoms with E-state index in [9.17, 15) is 19.2 Å². The Bertz CT molecular complexity index is 949. The van der Waals surface area contributed by atoms with Crippen molar-refractivity contribution in [3.05, 3.63) is 16.0 Å². The second-order valence-electron chi connectivity index (χ2n) is 10.0. The van der Waals surface area contributed by atoms with Gasteiger partial charge in [0.25, 0.3) is 5.91 Å². The number of hydrogen-bond acceptors (Lipinski definition) is 7. The van der Waals surface area contributed by atoms with Crippen molar-refractivity contribution in [3.63, 3.8) is 0 Å². The minimum Gasteiger partial charge on any atom is -0.462 e. The van der Waals surface area contributed by atoms with E-state index in [2.05, 4.69) is 10.6 Å². The zero-order chi connectivity index (χ0) is 24.5. The molecule has 2 N–H and O–H groups in total. The van der Waals surface area contributed by atoms with Crippen molar-refractivity contribution in [1.29, 1.82) is 0 Å². The molecule has 1 aromatic heterocycles. The Labute approximate surface area is 204 Å². The van der Waals surface area contributed by atoms with E-state index >= 15 is 0 Å².